The van der Waals surface area contributed by atoms with Gasteiger partial charge in [0, 0.05) is 18.2 Å². The summed E-state index contributed by atoms with van der Waals surface area (Å²) in [6, 6.07) is 13.2. The van der Waals surface area contributed by atoms with Crippen LogP contribution in [0.2, 0.25) is 0 Å². The van der Waals surface area contributed by atoms with Crippen molar-refractivity contribution >= 4 is 17.9 Å². The molecule has 176 valence electrons. The van der Waals surface area contributed by atoms with Gasteiger partial charge in [0.1, 0.15) is 23.1 Å². The van der Waals surface area contributed by atoms with Gasteiger partial charge in [-0.3, -0.25) is 14.4 Å². The molecular formula is C24H29N3O6. The summed E-state index contributed by atoms with van der Waals surface area (Å²) in [6.07, 6.45) is -1.12. The molecule has 33 heavy (non-hydrogen) atoms. The van der Waals surface area contributed by atoms with E-state index in [1.165, 1.54) is 14.2 Å². The molecule has 9 nitrogen and oxygen atoms in total. The zero-order chi connectivity index (χ0) is 24.2. The molecule has 0 radical (unpaired) electrons. The molecule has 1 heterocycles. The molecule has 0 saturated heterocycles. The van der Waals surface area contributed by atoms with E-state index in [4.69, 9.17) is 14.3 Å². The van der Waals surface area contributed by atoms with Gasteiger partial charge in [-0.15, -0.1) is 0 Å². The Balaban J connectivity index is 1.80. The van der Waals surface area contributed by atoms with Gasteiger partial charge < -0.3 is 20.1 Å². The van der Waals surface area contributed by atoms with Crippen molar-refractivity contribution in [3.8, 4) is 11.5 Å². The quantitative estimate of drug-likeness (QED) is 0.648. The summed E-state index contributed by atoms with van der Waals surface area (Å²) in [4.78, 5) is 43.0. The van der Waals surface area contributed by atoms with Gasteiger partial charge in [0.2, 0.25) is 5.91 Å². The number of amides is 3. The lowest BCUT2D eigenvalue weighted by Gasteiger charge is -2.29. The highest BCUT2D eigenvalue weighted by Crippen LogP contribution is 2.42. The van der Waals surface area contributed by atoms with Gasteiger partial charge in [-0.1, -0.05) is 36.4 Å². The lowest BCUT2D eigenvalue weighted by molar-refractivity contribution is -0.171. The summed E-state index contributed by atoms with van der Waals surface area (Å²) in [7, 11) is 2.72. The Morgan fingerprint density at radius 3 is 2.09 bits per heavy atom. The smallest absolute Gasteiger partial charge is 0.408 e. The summed E-state index contributed by atoms with van der Waals surface area (Å²) in [5.74, 6) is 0.247. The van der Waals surface area contributed by atoms with Crippen molar-refractivity contribution in [2.75, 3.05) is 14.2 Å². The molecule has 9 heteroatoms. The predicted molar refractivity (Wildman–Crippen MR) is 120 cm³/mol. The molecule has 0 fully saturated rings. The Kier molecular flexibility index (Phi) is 7.23. The largest absolute Gasteiger partial charge is 0.457 e. The number of nitrogens with one attached hydrogen (secondary N) is 2. The van der Waals surface area contributed by atoms with Crippen LogP contribution in [0.4, 0.5) is 4.79 Å². The second-order valence-electron chi connectivity index (χ2n) is 8.60. The second-order valence-corrected chi connectivity index (χ2v) is 8.60. The van der Waals surface area contributed by atoms with E-state index in [0.29, 0.717) is 11.5 Å². The minimum absolute atomic E-state index is 0.312. The molecule has 2 aromatic rings. The number of carbonyl (C=O) groups is 3. The third kappa shape index (κ3) is 6.01. The number of fused-ring (bicyclic) bond motifs is 2. The van der Waals surface area contributed by atoms with Crippen LogP contribution in [0.25, 0.3) is 0 Å². The Bertz CT molecular complexity index is 987. The van der Waals surface area contributed by atoms with Crippen LogP contribution in [0, 0.1) is 0 Å². The Hall–Kier alpha value is -3.59. The fourth-order valence-corrected chi connectivity index (χ4v) is 3.43. The number of carbonyl (C=O) groups excluding carboxylic acids is 3. The number of hydrogen-bond donors (Lipinski definition) is 2. The van der Waals surface area contributed by atoms with Gasteiger partial charge >= 0.3 is 6.09 Å². The molecule has 0 aliphatic carbocycles. The first kappa shape index (κ1) is 24.1. The molecule has 1 aliphatic heterocycles. The van der Waals surface area contributed by atoms with Crippen LogP contribution < -0.4 is 15.4 Å². The molecule has 2 aromatic carbocycles. The molecule has 0 spiro atoms. The molecule has 0 saturated carbocycles. The molecule has 2 N–H and O–H groups in total. The Morgan fingerprint density at radius 1 is 1.03 bits per heavy atom. The highest BCUT2D eigenvalue weighted by molar-refractivity contribution is 5.90. The number of para-hydroxylation sites is 2. The standard InChI is InChI=1S/C24H29N3O6/c1-24(2,3)33-23(30)25-17(22(29)27(4)31-5)14-20(28)26-21-15-10-6-8-12-18(15)32-19-13-9-7-11-16(19)21/h6-13,17,21H,14H2,1-5H3,(H,25,30)(H,26,28)/t17-/m0/s1. The van der Waals surface area contributed by atoms with Crippen molar-refractivity contribution in [1.82, 2.24) is 15.7 Å². The number of hydrogen-bond acceptors (Lipinski definition) is 6. The Labute approximate surface area is 193 Å². The zero-order valence-corrected chi connectivity index (χ0v) is 19.4. The van der Waals surface area contributed by atoms with Gasteiger partial charge in [0.15, 0.2) is 0 Å². The summed E-state index contributed by atoms with van der Waals surface area (Å²) in [5.41, 5.74) is 0.825. The molecule has 0 bridgehead atoms. The SMILES string of the molecule is CON(C)C(=O)[C@H](CC(=O)NC1c2ccccc2Oc2ccccc21)NC(=O)OC(C)(C)C. The molecule has 3 rings (SSSR count). The van der Waals surface area contributed by atoms with Gasteiger partial charge in [-0.25, -0.2) is 9.86 Å². The maximum Gasteiger partial charge on any atom is 0.408 e. The van der Waals surface area contributed by atoms with Crippen LogP contribution in [-0.4, -0.2) is 48.8 Å². The summed E-state index contributed by atoms with van der Waals surface area (Å²) >= 11 is 0. The first-order valence-electron chi connectivity index (χ1n) is 10.6. The van der Waals surface area contributed by atoms with E-state index < -0.39 is 35.6 Å². The first-order chi connectivity index (χ1) is 15.6. The van der Waals surface area contributed by atoms with Crippen molar-refractivity contribution < 1.29 is 28.7 Å². The maximum atomic E-state index is 13.1. The molecular weight excluding hydrogens is 426 g/mol. The monoisotopic (exact) mass is 455 g/mol. The second kappa shape index (κ2) is 9.91. The van der Waals surface area contributed by atoms with Gasteiger partial charge in [0.05, 0.1) is 19.6 Å². The fraction of sp³-hybridized carbons (Fsp3) is 0.375. The summed E-state index contributed by atoms with van der Waals surface area (Å²) < 4.78 is 11.2. The van der Waals surface area contributed by atoms with Gasteiger partial charge in [0.25, 0.3) is 5.91 Å². The number of benzene rings is 2. The van der Waals surface area contributed by atoms with Crippen LogP contribution in [0.5, 0.6) is 11.5 Å². The van der Waals surface area contributed by atoms with Gasteiger partial charge in [-0.05, 0) is 32.9 Å². The number of alkyl carbamates (subject to hydrolysis) is 1. The van der Waals surface area contributed by atoms with E-state index in [9.17, 15) is 14.4 Å². The lowest BCUT2D eigenvalue weighted by atomic mass is 9.94. The molecule has 1 aliphatic rings. The number of nitrogens with zero attached hydrogens (tertiary/aromatic N) is 1. The van der Waals surface area contributed by atoms with Crippen molar-refractivity contribution in [2.45, 2.75) is 44.9 Å². The summed E-state index contributed by atoms with van der Waals surface area (Å²) in [6.45, 7) is 5.12. The maximum absolute atomic E-state index is 13.1. The molecule has 1 atom stereocenters. The summed E-state index contributed by atoms with van der Waals surface area (Å²) in [5, 5.41) is 6.40. The van der Waals surface area contributed by atoms with E-state index in [1.54, 1.807) is 20.8 Å². The predicted octanol–water partition coefficient (Wildman–Crippen LogP) is 3.30. The van der Waals surface area contributed by atoms with Crippen LogP contribution in [-0.2, 0) is 19.2 Å². The zero-order valence-electron chi connectivity index (χ0n) is 19.4. The lowest BCUT2D eigenvalue weighted by Crippen LogP contribution is -2.50. The fourth-order valence-electron chi connectivity index (χ4n) is 3.43. The van der Waals surface area contributed by atoms with E-state index in [1.807, 2.05) is 48.5 Å². The molecule has 3 amide bonds. The number of likely N-dealkylation sites (N-methyl/N-ethyl adjacent to an activating group) is 1. The first-order valence-corrected chi connectivity index (χ1v) is 10.6. The van der Waals surface area contributed by atoms with Gasteiger partial charge in [-0.2, -0.15) is 0 Å². The number of rotatable bonds is 6. The van der Waals surface area contributed by atoms with E-state index in [2.05, 4.69) is 10.6 Å². The van der Waals surface area contributed by atoms with Crippen LogP contribution in [0.1, 0.15) is 44.4 Å². The average molecular weight is 456 g/mol. The van der Waals surface area contributed by atoms with E-state index in [-0.39, 0.29) is 6.42 Å². The average Bonchev–Trinajstić information content (AvgIpc) is 2.76. The van der Waals surface area contributed by atoms with Crippen molar-refractivity contribution in [2.24, 2.45) is 0 Å². The number of hydroxylamine groups is 2. The van der Waals surface area contributed by atoms with Crippen molar-refractivity contribution in [1.29, 1.82) is 0 Å². The third-order valence-electron chi connectivity index (χ3n) is 4.95. The number of ether oxygens (including phenoxy) is 2. The molecule has 0 unspecified atom stereocenters. The minimum Gasteiger partial charge on any atom is -0.457 e. The van der Waals surface area contributed by atoms with Crippen LogP contribution >= 0.6 is 0 Å². The topological polar surface area (TPSA) is 106 Å². The van der Waals surface area contributed by atoms with Crippen molar-refractivity contribution in [3.05, 3.63) is 59.7 Å². The third-order valence-corrected chi connectivity index (χ3v) is 4.95. The van der Waals surface area contributed by atoms with E-state index in [0.717, 1.165) is 16.2 Å². The minimum atomic E-state index is -1.19. The molecule has 0 aromatic heterocycles. The van der Waals surface area contributed by atoms with E-state index >= 15 is 0 Å². The normalized spacial score (nSPS) is 13.6. The van der Waals surface area contributed by atoms with Crippen LogP contribution in [0.15, 0.2) is 48.5 Å². The van der Waals surface area contributed by atoms with Crippen molar-refractivity contribution in [3.63, 3.8) is 0 Å². The highest BCUT2D eigenvalue weighted by Gasteiger charge is 2.32. The Morgan fingerprint density at radius 2 is 1.58 bits per heavy atom. The highest BCUT2D eigenvalue weighted by atomic mass is 16.7. The van der Waals surface area contributed by atoms with Crippen LogP contribution in [0.3, 0.4) is 0 Å².